The first-order valence-electron chi connectivity index (χ1n) is 5.77. The van der Waals surface area contributed by atoms with Crippen LogP contribution in [0.1, 0.15) is 16.1 Å². The lowest BCUT2D eigenvalue weighted by atomic mass is 10.1. The Kier molecular flexibility index (Phi) is 3.66. The second kappa shape index (κ2) is 5.39. The number of pyridine rings is 1. The molecule has 5 nitrogen and oxygen atoms in total. The Morgan fingerprint density at radius 3 is 2.79 bits per heavy atom. The minimum absolute atomic E-state index is 0.276. The summed E-state index contributed by atoms with van der Waals surface area (Å²) in [7, 11) is 1.54. The largest absolute Gasteiger partial charge is 0.497 e. The highest BCUT2D eigenvalue weighted by atomic mass is 16.5. The van der Waals surface area contributed by atoms with Crippen molar-refractivity contribution in [3.05, 3.63) is 47.8 Å². The molecule has 5 heteroatoms. The van der Waals surface area contributed by atoms with E-state index in [4.69, 9.17) is 10.5 Å². The van der Waals surface area contributed by atoms with Gasteiger partial charge in [-0.05, 0) is 37.3 Å². The molecule has 0 unspecified atom stereocenters. The van der Waals surface area contributed by atoms with Crippen LogP contribution in [0, 0.1) is 6.92 Å². The number of ether oxygens (including phenoxy) is 1. The first kappa shape index (κ1) is 12.9. The first-order chi connectivity index (χ1) is 9.10. The highest BCUT2D eigenvalue weighted by Crippen LogP contribution is 2.20. The van der Waals surface area contributed by atoms with Gasteiger partial charge >= 0.3 is 0 Å². The highest BCUT2D eigenvalue weighted by Gasteiger charge is 2.11. The first-order valence-corrected chi connectivity index (χ1v) is 5.77. The second-order valence-electron chi connectivity index (χ2n) is 4.09. The molecule has 3 N–H and O–H groups in total. The topological polar surface area (TPSA) is 77.2 Å². The molecule has 2 aromatic rings. The van der Waals surface area contributed by atoms with Crippen molar-refractivity contribution in [2.24, 2.45) is 0 Å². The van der Waals surface area contributed by atoms with Crippen LogP contribution in [0.2, 0.25) is 0 Å². The van der Waals surface area contributed by atoms with Crippen LogP contribution >= 0.6 is 0 Å². The third kappa shape index (κ3) is 3.01. The molecule has 0 atom stereocenters. The van der Waals surface area contributed by atoms with Gasteiger partial charge in [-0.3, -0.25) is 9.78 Å². The Bertz CT molecular complexity index is 611. The van der Waals surface area contributed by atoms with Crippen LogP contribution in [-0.4, -0.2) is 18.0 Å². The van der Waals surface area contributed by atoms with Gasteiger partial charge in [0.15, 0.2) is 0 Å². The average molecular weight is 257 g/mol. The molecule has 1 aromatic carbocycles. The van der Waals surface area contributed by atoms with E-state index in [0.717, 1.165) is 5.69 Å². The fourth-order valence-electron chi connectivity index (χ4n) is 1.68. The number of rotatable bonds is 3. The lowest BCUT2D eigenvalue weighted by Gasteiger charge is -2.09. The number of aryl methyl sites for hydroxylation is 1. The molecular weight excluding hydrogens is 242 g/mol. The number of carbonyl (C=O) groups is 1. The molecule has 0 fully saturated rings. The molecule has 1 amide bonds. The summed E-state index contributed by atoms with van der Waals surface area (Å²) in [6.45, 7) is 1.86. The van der Waals surface area contributed by atoms with E-state index in [9.17, 15) is 4.79 Å². The lowest BCUT2D eigenvalue weighted by Crippen LogP contribution is -2.14. The van der Waals surface area contributed by atoms with Crippen molar-refractivity contribution in [3.8, 4) is 5.75 Å². The van der Waals surface area contributed by atoms with Gasteiger partial charge in [0.1, 0.15) is 5.75 Å². The molecule has 2 rings (SSSR count). The fourth-order valence-corrected chi connectivity index (χ4v) is 1.68. The van der Waals surface area contributed by atoms with E-state index in [2.05, 4.69) is 10.3 Å². The third-order valence-electron chi connectivity index (χ3n) is 2.66. The quantitative estimate of drug-likeness (QED) is 0.827. The van der Waals surface area contributed by atoms with Crippen molar-refractivity contribution in [1.29, 1.82) is 0 Å². The van der Waals surface area contributed by atoms with Gasteiger partial charge in [-0.15, -0.1) is 0 Å². The molecule has 0 saturated carbocycles. The number of nitrogens with zero attached hydrogens (tertiary/aromatic N) is 1. The number of methoxy groups -OCH3 is 1. The summed E-state index contributed by atoms with van der Waals surface area (Å²) in [5, 5.41) is 2.78. The van der Waals surface area contributed by atoms with Crippen LogP contribution in [0.4, 0.5) is 11.4 Å². The number of nitrogens with two attached hydrogens (primary N) is 1. The van der Waals surface area contributed by atoms with Gasteiger partial charge in [-0.25, -0.2) is 0 Å². The van der Waals surface area contributed by atoms with Crippen molar-refractivity contribution in [1.82, 2.24) is 4.98 Å². The van der Waals surface area contributed by atoms with Crippen LogP contribution < -0.4 is 15.8 Å². The number of anilines is 2. The summed E-state index contributed by atoms with van der Waals surface area (Å²) in [6.07, 6.45) is 1.64. The summed E-state index contributed by atoms with van der Waals surface area (Å²) in [5.74, 6) is 0.312. The number of nitrogens with one attached hydrogen (secondary N) is 1. The van der Waals surface area contributed by atoms with Gasteiger partial charge in [0.05, 0.1) is 12.7 Å². The zero-order valence-corrected chi connectivity index (χ0v) is 10.8. The zero-order chi connectivity index (χ0) is 13.8. The van der Waals surface area contributed by atoms with Gasteiger partial charge in [0, 0.05) is 23.3 Å². The Labute approximate surface area is 111 Å². The molecule has 1 aromatic heterocycles. The van der Waals surface area contributed by atoms with Crippen LogP contribution in [-0.2, 0) is 0 Å². The summed E-state index contributed by atoms with van der Waals surface area (Å²) in [4.78, 5) is 16.2. The standard InChI is InChI=1S/C14H15N3O2/c1-9-7-10(5-6-16-9)17-14(18)12-8-11(19-2)3-4-13(12)15/h3-8H,15H2,1-2H3,(H,16,17,18). The van der Waals surface area contributed by atoms with Crippen molar-refractivity contribution in [2.75, 3.05) is 18.2 Å². The smallest absolute Gasteiger partial charge is 0.257 e. The van der Waals surface area contributed by atoms with E-state index in [1.54, 1.807) is 43.6 Å². The van der Waals surface area contributed by atoms with E-state index in [1.807, 2.05) is 6.92 Å². The summed E-state index contributed by atoms with van der Waals surface area (Å²) >= 11 is 0. The number of hydrogen-bond acceptors (Lipinski definition) is 4. The average Bonchev–Trinajstić information content (AvgIpc) is 2.39. The van der Waals surface area contributed by atoms with Gasteiger partial charge in [-0.1, -0.05) is 0 Å². The normalized spacial score (nSPS) is 10.0. The number of carbonyl (C=O) groups excluding carboxylic acids is 1. The molecule has 0 saturated heterocycles. The minimum atomic E-state index is -0.276. The molecule has 0 bridgehead atoms. The van der Waals surface area contributed by atoms with E-state index in [1.165, 1.54) is 0 Å². The molecule has 0 aliphatic rings. The number of amides is 1. The minimum Gasteiger partial charge on any atom is -0.497 e. The van der Waals surface area contributed by atoms with Crippen LogP contribution in [0.5, 0.6) is 5.75 Å². The van der Waals surface area contributed by atoms with Gasteiger partial charge in [0.2, 0.25) is 0 Å². The Morgan fingerprint density at radius 1 is 1.32 bits per heavy atom. The Morgan fingerprint density at radius 2 is 2.11 bits per heavy atom. The zero-order valence-electron chi connectivity index (χ0n) is 10.8. The van der Waals surface area contributed by atoms with Crippen molar-refractivity contribution in [2.45, 2.75) is 6.92 Å². The van der Waals surface area contributed by atoms with Crippen molar-refractivity contribution in [3.63, 3.8) is 0 Å². The van der Waals surface area contributed by atoms with E-state index in [0.29, 0.717) is 22.7 Å². The molecule has 98 valence electrons. The number of hydrogen-bond donors (Lipinski definition) is 2. The van der Waals surface area contributed by atoms with Gasteiger partial charge < -0.3 is 15.8 Å². The molecular formula is C14H15N3O2. The predicted molar refractivity (Wildman–Crippen MR) is 74.3 cm³/mol. The number of nitrogen functional groups attached to an aromatic ring is 1. The van der Waals surface area contributed by atoms with E-state index in [-0.39, 0.29) is 5.91 Å². The summed E-state index contributed by atoms with van der Waals surface area (Å²) in [6, 6.07) is 8.47. The number of benzene rings is 1. The highest BCUT2D eigenvalue weighted by molar-refractivity contribution is 6.08. The molecule has 1 heterocycles. The van der Waals surface area contributed by atoms with Crippen LogP contribution in [0.3, 0.4) is 0 Å². The maximum Gasteiger partial charge on any atom is 0.257 e. The van der Waals surface area contributed by atoms with Gasteiger partial charge in [-0.2, -0.15) is 0 Å². The Hall–Kier alpha value is -2.56. The number of aromatic nitrogens is 1. The van der Waals surface area contributed by atoms with Crippen LogP contribution in [0.25, 0.3) is 0 Å². The van der Waals surface area contributed by atoms with E-state index < -0.39 is 0 Å². The molecule has 0 aliphatic carbocycles. The monoisotopic (exact) mass is 257 g/mol. The fraction of sp³-hybridized carbons (Fsp3) is 0.143. The molecule has 0 radical (unpaired) electrons. The van der Waals surface area contributed by atoms with Crippen LogP contribution in [0.15, 0.2) is 36.5 Å². The van der Waals surface area contributed by atoms with Crippen molar-refractivity contribution >= 4 is 17.3 Å². The summed E-state index contributed by atoms with van der Waals surface area (Å²) in [5.41, 5.74) is 8.10. The molecule has 0 spiro atoms. The third-order valence-corrected chi connectivity index (χ3v) is 2.66. The molecule has 19 heavy (non-hydrogen) atoms. The predicted octanol–water partition coefficient (Wildman–Crippen LogP) is 2.23. The van der Waals surface area contributed by atoms with E-state index >= 15 is 0 Å². The molecule has 0 aliphatic heterocycles. The van der Waals surface area contributed by atoms with Crippen molar-refractivity contribution < 1.29 is 9.53 Å². The SMILES string of the molecule is COc1ccc(N)c(C(=O)Nc2ccnc(C)c2)c1. The summed E-state index contributed by atoms with van der Waals surface area (Å²) < 4.78 is 5.08. The van der Waals surface area contributed by atoms with Gasteiger partial charge in [0.25, 0.3) is 5.91 Å². The maximum absolute atomic E-state index is 12.1. The second-order valence-corrected chi connectivity index (χ2v) is 4.09. The lowest BCUT2D eigenvalue weighted by molar-refractivity contribution is 0.102. The maximum atomic E-state index is 12.1. The Balaban J connectivity index is 2.25.